The lowest BCUT2D eigenvalue weighted by Gasteiger charge is -2.23. The predicted octanol–water partition coefficient (Wildman–Crippen LogP) is 4.50. The number of carbonyl (C=O) groups is 1. The van der Waals surface area contributed by atoms with Crippen LogP contribution in [0.4, 0.5) is 10.5 Å². The van der Waals surface area contributed by atoms with Crippen LogP contribution in [-0.4, -0.2) is 26.6 Å². The molecule has 3 aromatic rings. The van der Waals surface area contributed by atoms with E-state index in [2.05, 4.69) is 11.5 Å². The molecule has 152 valence electrons. The molecule has 7 heteroatoms. The van der Waals surface area contributed by atoms with E-state index in [0.29, 0.717) is 11.3 Å². The second kappa shape index (κ2) is 7.87. The summed E-state index contributed by atoms with van der Waals surface area (Å²) in [6.07, 6.45) is 2.99. The van der Waals surface area contributed by atoms with Crippen molar-refractivity contribution in [1.29, 1.82) is 5.41 Å². The number of nitrogens with two attached hydrogens (primary N) is 1. The molecule has 2 amide bonds. The van der Waals surface area contributed by atoms with Crippen LogP contribution >= 0.6 is 0 Å². The molecule has 0 fully saturated rings. The second-order valence-corrected chi connectivity index (χ2v) is 7.36. The van der Waals surface area contributed by atoms with Gasteiger partial charge in [0.15, 0.2) is 0 Å². The summed E-state index contributed by atoms with van der Waals surface area (Å²) < 4.78 is 2.12. The lowest BCUT2D eigenvalue weighted by molar-refractivity contribution is 0.256. The average Bonchev–Trinajstić information content (AvgIpc) is 3.04. The van der Waals surface area contributed by atoms with Gasteiger partial charge in [-0.15, -0.1) is 0 Å². The summed E-state index contributed by atoms with van der Waals surface area (Å²) in [5.41, 5.74) is 7.74. The third kappa shape index (κ3) is 3.76. The zero-order valence-electron chi connectivity index (χ0n) is 16.8. The number of rotatable bonds is 5. The van der Waals surface area contributed by atoms with Gasteiger partial charge in [-0.05, 0) is 48.2 Å². The van der Waals surface area contributed by atoms with E-state index in [1.807, 2.05) is 32.2 Å². The van der Waals surface area contributed by atoms with E-state index in [1.165, 1.54) is 12.1 Å². The fourth-order valence-corrected chi connectivity index (χ4v) is 3.50. The van der Waals surface area contributed by atoms with Gasteiger partial charge in [0.1, 0.15) is 17.3 Å². The highest BCUT2D eigenvalue weighted by Gasteiger charge is 2.24. The molecule has 3 rings (SSSR count). The summed E-state index contributed by atoms with van der Waals surface area (Å²) in [5, 5.41) is 29.8. The van der Waals surface area contributed by atoms with Crippen molar-refractivity contribution in [2.45, 2.75) is 39.7 Å². The Kier molecular flexibility index (Phi) is 5.50. The number of amides is 2. The van der Waals surface area contributed by atoms with Gasteiger partial charge in [-0.2, -0.15) is 0 Å². The number of aryl methyl sites for hydroxylation is 1. The summed E-state index contributed by atoms with van der Waals surface area (Å²) in [6.45, 7) is 6.77. The number of urea groups is 1. The number of aromatic hydroxyl groups is 2. The number of fused-ring (bicyclic) bond motifs is 1. The highest BCUT2D eigenvalue weighted by Crippen LogP contribution is 2.34. The van der Waals surface area contributed by atoms with Crippen LogP contribution in [0.2, 0.25) is 0 Å². The van der Waals surface area contributed by atoms with Crippen molar-refractivity contribution in [3.05, 3.63) is 53.7 Å². The summed E-state index contributed by atoms with van der Waals surface area (Å²) in [7, 11) is 0. The minimum atomic E-state index is -0.832. The highest BCUT2D eigenvalue weighted by atomic mass is 16.3. The minimum Gasteiger partial charge on any atom is -0.508 e. The zero-order valence-corrected chi connectivity index (χ0v) is 16.8. The fraction of sp³-hybridized carbons (Fsp3) is 0.273. The number of amidine groups is 1. The number of benzene rings is 2. The number of phenolic OH excluding ortho intramolecular Hbond substituents is 2. The molecule has 7 nitrogen and oxygen atoms in total. The first-order chi connectivity index (χ1) is 13.7. The number of hydrogen-bond donors (Lipinski definition) is 4. The third-order valence-electron chi connectivity index (χ3n) is 4.94. The second-order valence-electron chi connectivity index (χ2n) is 7.36. The standard InChI is InChI=1S/C22H26N4O3/c1-4-8-25-9-7-14-10-15(5-6-18(14)25)26(22(24)29)21(23)17-11-16(13(2)3)19(27)12-20(17)28/h5-7,9-13,23,27-28H,4,8H2,1-3H3,(H2,24,29). The van der Waals surface area contributed by atoms with E-state index in [4.69, 9.17) is 11.1 Å². The molecule has 1 aromatic heterocycles. The summed E-state index contributed by atoms with van der Waals surface area (Å²) >= 11 is 0. The number of primary amides is 1. The number of nitrogens with one attached hydrogen (secondary N) is 1. The number of nitrogens with zero attached hydrogens (tertiary/aromatic N) is 2. The van der Waals surface area contributed by atoms with Crippen LogP contribution in [0.15, 0.2) is 42.6 Å². The van der Waals surface area contributed by atoms with Gasteiger partial charge in [-0.1, -0.05) is 20.8 Å². The number of aromatic nitrogens is 1. The summed E-state index contributed by atoms with van der Waals surface area (Å²) in [5.74, 6) is -0.639. The van der Waals surface area contributed by atoms with Crippen LogP contribution in [0.5, 0.6) is 11.5 Å². The maximum Gasteiger partial charge on any atom is 0.325 e. The maximum absolute atomic E-state index is 12.2. The molecule has 0 aliphatic carbocycles. The van der Waals surface area contributed by atoms with E-state index >= 15 is 0 Å². The van der Waals surface area contributed by atoms with Crippen LogP contribution in [-0.2, 0) is 6.54 Å². The van der Waals surface area contributed by atoms with Crippen LogP contribution < -0.4 is 10.6 Å². The molecule has 1 heterocycles. The van der Waals surface area contributed by atoms with Crippen molar-refractivity contribution in [2.75, 3.05) is 4.90 Å². The molecule has 29 heavy (non-hydrogen) atoms. The van der Waals surface area contributed by atoms with Crippen molar-refractivity contribution in [3.63, 3.8) is 0 Å². The van der Waals surface area contributed by atoms with Gasteiger partial charge in [-0.25, -0.2) is 9.69 Å². The average molecular weight is 394 g/mol. The first-order valence-electron chi connectivity index (χ1n) is 9.57. The summed E-state index contributed by atoms with van der Waals surface area (Å²) in [6, 6.07) is 9.24. The topological polar surface area (TPSA) is 116 Å². The molecule has 0 aliphatic rings. The van der Waals surface area contributed by atoms with Gasteiger partial charge in [-0.3, -0.25) is 5.41 Å². The first-order valence-corrected chi connectivity index (χ1v) is 9.57. The van der Waals surface area contributed by atoms with E-state index in [-0.39, 0.29) is 28.8 Å². The predicted molar refractivity (Wildman–Crippen MR) is 115 cm³/mol. The normalized spacial score (nSPS) is 11.2. The van der Waals surface area contributed by atoms with E-state index in [9.17, 15) is 15.0 Å². The van der Waals surface area contributed by atoms with Crippen LogP contribution in [0, 0.1) is 5.41 Å². The highest BCUT2D eigenvalue weighted by molar-refractivity contribution is 6.22. The Labute approximate surface area is 169 Å². The number of phenols is 2. The van der Waals surface area contributed by atoms with Crippen molar-refractivity contribution in [1.82, 2.24) is 4.57 Å². The van der Waals surface area contributed by atoms with Crippen molar-refractivity contribution >= 4 is 28.5 Å². The zero-order chi connectivity index (χ0) is 21.3. The Morgan fingerprint density at radius 3 is 2.52 bits per heavy atom. The fourth-order valence-electron chi connectivity index (χ4n) is 3.50. The number of hydrogen-bond acceptors (Lipinski definition) is 4. The molecular formula is C22H26N4O3. The SMILES string of the molecule is CCCn1ccc2cc(N(C(=N)c3cc(C(C)C)c(O)cc3O)C(N)=O)ccc21. The van der Waals surface area contributed by atoms with Gasteiger partial charge in [0.2, 0.25) is 0 Å². The van der Waals surface area contributed by atoms with Crippen LogP contribution in [0.1, 0.15) is 44.2 Å². The van der Waals surface area contributed by atoms with Crippen LogP contribution in [0.3, 0.4) is 0 Å². The Morgan fingerprint density at radius 2 is 1.90 bits per heavy atom. The summed E-state index contributed by atoms with van der Waals surface area (Å²) in [4.78, 5) is 13.3. The third-order valence-corrected chi connectivity index (χ3v) is 4.94. The van der Waals surface area contributed by atoms with Gasteiger partial charge >= 0.3 is 6.03 Å². The molecule has 0 aliphatic heterocycles. The molecule has 2 aromatic carbocycles. The number of carbonyl (C=O) groups excluding carboxylic acids is 1. The molecule has 0 atom stereocenters. The van der Waals surface area contributed by atoms with E-state index in [0.717, 1.165) is 28.8 Å². The van der Waals surface area contributed by atoms with Crippen molar-refractivity contribution < 1.29 is 15.0 Å². The maximum atomic E-state index is 12.2. The minimum absolute atomic E-state index is 0.0288. The molecule has 0 unspecified atom stereocenters. The molecule has 0 bridgehead atoms. The lowest BCUT2D eigenvalue weighted by atomic mass is 9.98. The van der Waals surface area contributed by atoms with Gasteiger partial charge < -0.3 is 20.5 Å². The largest absolute Gasteiger partial charge is 0.508 e. The molecule has 0 spiro atoms. The first kappa shape index (κ1) is 20.3. The lowest BCUT2D eigenvalue weighted by Crippen LogP contribution is -2.41. The van der Waals surface area contributed by atoms with E-state index < -0.39 is 6.03 Å². The van der Waals surface area contributed by atoms with Crippen LogP contribution in [0.25, 0.3) is 10.9 Å². The monoisotopic (exact) mass is 394 g/mol. The number of anilines is 1. The van der Waals surface area contributed by atoms with E-state index in [1.54, 1.807) is 12.1 Å². The quantitative estimate of drug-likeness (QED) is 0.377. The Morgan fingerprint density at radius 1 is 1.17 bits per heavy atom. The van der Waals surface area contributed by atoms with Crippen molar-refractivity contribution in [2.24, 2.45) is 5.73 Å². The van der Waals surface area contributed by atoms with Gasteiger partial charge in [0.05, 0.1) is 11.3 Å². The van der Waals surface area contributed by atoms with Gasteiger partial charge in [0, 0.05) is 29.7 Å². The Balaban J connectivity index is 2.07. The molecule has 5 N–H and O–H groups in total. The Bertz CT molecular complexity index is 1090. The Hall–Kier alpha value is -3.48. The molecule has 0 saturated carbocycles. The molecule has 0 radical (unpaired) electrons. The molecule has 0 saturated heterocycles. The smallest absolute Gasteiger partial charge is 0.325 e. The molecular weight excluding hydrogens is 368 g/mol. The van der Waals surface area contributed by atoms with Gasteiger partial charge in [0.25, 0.3) is 0 Å². The van der Waals surface area contributed by atoms with Crippen molar-refractivity contribution in [3.8, 4) is 11.5 Å².